The van der Waals surface area contributed by atoms with Gasteiger partial charge in [0.15, 0.2) is 0 Å². The van der Waals surface area contributed by atoms with Gasteiger partial charge in [-0.15, -0.1) is 11.3 Å². The van der Waals surface area contributed by atoms with Crippen molar-refractivity contribution in [1.29, 1.82) is 0 Å². The largest absolute Gasteiger partial charge is 0.496 e. The van der Waals surface area contributed by atoms with Crippen molar-refractivity contribution in [2.45, 2.75) is 44.4 Å². The minimum Gasteiger partial charge on any atom is -0.496 e. The van der Waals surface area contributed by atoms with Gasteiger partial charge in [0.2, 0.25) is 5.91 Å². The van der Waals surface area contributed by atoms with Crippen LogP contribution in [0.1, 0.15) is 29.7 Å². The molecule has 2 aliphatic rings. The van der Waals surface area contributed by atoms with Gasteiger partial charge in [-0.3, -0.25) is 4.79 Å². The average Bonchev–Trinajstić information content (AvgIpc) is 3.60. The topological polar surface area (TPSA) is 94.2 Å². The lowest BCUT2D eigenvalue weighted by Gasteiger charge is -2.40. The summed E-state index contributed by atoms with van der Waals surface area (Å²) < 4.78 is 23.9. The predicted molar refractivity (Wildman–Crippen MR) is 177 cm³/mol. The van der Waals surface area contributed by atoms with Gasteiger partial charge >= 0.3 is 0 Å². The van der Waals surface area contributed by atoms with Crippen molar-refractivity contribution in [3.63, 3.8) is 0 Å². The van der Waals surface area contributed by atoms with E-state index in [1.54, 1.807) is 18.4 Å². The molecule has 2 N–H and O–H groups in total. The highest BCUT2D eigenvalue weighted by molar-refractivity contribution is 7.07. The van der Waals surface area contributed by atoms with E-state index < -0.39 is 0 Å². The molecule has 1 fully saturated rings. The number of para-hydroxylation sites is 1. The van der Waals surface area contributed by atoms with E-state index in [-0.39, 0.29) is 24.6 Å². The summed E-state index contributed by atoms with van der Waals surface area (Å²) in [5, 5.41) is 8.85. The molecule has 9 nitrogen and oxygen atoms in total. The third kappa shape index (κ3) is 7.94. The maximum Gasteiger partial charge on any atom is 0.241 e. The number of amides is 1. The fraction of sp³-hybridized carbons (Fsp3) is 0.371. The fourth-order valence-electron chi connectivity index (χ4n) is 5.87. The first-order chi connectivity index (χ1) is 22.2. The van der Waals surface area contributed by atoms with Crippen LogP contribution in [0.15, 0.2) is 77.6 Å². The second-order valence-corrected chi connectivity index (χ2v) is 11.9. The maximum atomic E-state index is 13.4. The van der Waals surface area contributed by atoms with Gasteiger partial charge in [0, 0.05) is 54.3 Å². The Bertz CT molecular complexity index is 1530. The van der Waals surface area contributed by atoms with Crippen LogP contribution in [0.3, 0.4) is 0 Å². The highest BCUT2D eigenvalue weighted by Crippen LogP contribution is 2.31. The highest BCUT2D eigenvalue weighted by atomic mass is 32.1. The van der Waals surface area contributed by atoms with E-state index in [1.165, 1.54) is 5.56 Å². The van der Waals surface area contributed by atoms with Gasteiger partial charge in [-0.25, -0.2) is 4.98 Å². The van der Waals surface area contributed by atoms with E-state index >= 15 is 0 Å². The van der Waals surface area contributed by atoms with Crippen LogP contribution >= 0.6 is 11.3 Å². The molecule has 2 atom stereocenters. The molecule has 3 aromatic carbocycles. The number of piperazine rings is 1. The molecule has 45 heavy (non-hydrogen) atoms. The number of aryl methyl sites for hydroxylation is 1. The summed E-state index contributed by atoms with van der Waals surface area (Å²) in [5.41, 5.74) is 7.06. The molecule has 1 unspecified atom stereocenters. The molecule has 6 rings (SSSR count). The molecule has 0 spiro atoms. The van der Waals surface area contributed by atoms with Gasteiger partial charge in [-0.05, 0) is 54.8 Å². The van der Waals surface area contributed by atoms with Crippen molar-refractivity contribution in [1.82, 2.24) is 10.3 Å². The third-order valence-electron chi connectivity index (χ3n) is 8.13. The molecular formula is C35H40N4O5S. The average molecular weight is 629 g/mol. The van der Waals surface area contributed by atoms with Crippen LogP contribution in [0, 0.1) is 0 Å². The molecule has 0 bridgehead atoms. The van der Waals surface area contributed by atoms with Crippen LogP contribution in [0.4, 0.5) is 11.4 Å². The zero-order valence-corrected chi connectivity index (χ0v) is 26.4. The summed E-state index contributed by atoms with van der Waals surface area (Å²) in [6.45, 7) is 3.44. The summed E-state index contributed by atoms with van der Waals surface area (Å²) in [5.74, 6) is 2.37. The van der Waals surface area contributed by atoms with Gasteiger partial charge in [0.05, 0.1) is 50.7 Å². The number of carbonyl (C=O) groups excluding carboxylic acids is 1. The molecule has 2 aliphatic heterocycles. The lowest BCUT2D eigenvalue weighted by atomic mass is 10.0. The molecule has 4 aromatic rings. The van der Waals surface area contributed by atoms with Crippen molar-refractivity contribution in [3.8, 4) is 17.2 Å². The molecule has 0 radical (unpaired) electrons. The van der Waals surface area contributed by atoms with Crippen LogP contribution < -0.4 is 29.7 Å². The number of ether oxygens (including phenoxy) is 4. The quantitative estimate of drug-likeness (QED) is 0.177. The van der Waals surface area contributed by atoms with E-state index in [0.717, 1.165) is 65.7 Å². The number of hydrogen-bond acceptors (Lipinski definition) is 9. The van der Waals surface area contributed by atoms with E-state index in [4.69, 9.17) is 18.9 Å². The summed E-state index contributed by atoms with van der Waals surface area (Å²) >= 11 is 1.56. The van der Waals surface area contributed by atoms with Crippen molar-refractivity contribution >= 4 is 28.6 Å². The Morgan fingerprint density at radius 3 is 2.78 bits per heavy atom. The van der Waals surface area contributed by atoms with E-state index in [2.05, 4.69) is 27.8 Å². The number of methoxy groups -OCH3 is 1. The molecule has 1 amide bonds. The minimum atomic E-state index is -0.308. The first-order valence-corrected chi connectivity index (χ1v) is 16.5. The molecular weight excluding hydrogens is 588 g/mol. The lowest BCUT2D eigenvalue weighted by molar-refractivity contribution is -0.119. The van der Waals surface area contributed by atoms with E-state index in [9.17, 15) is 4.79 Å². The van der Waals surface area contributed by atoms with Crippen molar-refractivity contribution < 1.29 is 23.7 Å². The van der Waals surface area contributed by atoms with Gasteiger partial charge in [0.25, 0.3) is 0 Å². The molecule has 0 saturated carbocycles. The zero-order valence-electron chi connectivity index (χ0n) is 25.6. The van der Waals surface area contributed by atoms with Crippen molar-refractivity contribution in [3.05, 3.63) is 94.4 Å². The predicted octanol–water partition coefficient (Wildman–Crippen LogP) is 5.49. The number of benzene rings is 3. The number of nitrogens with one attached hydrogen (secondary N) is 2. The SMILES string of the molecule is COc1ccccc1COCCCOc1ccc(N2C(=O)CNC[C@@H]2C(Cc2cscn2)Oc2ccc3c(c2)NCCC3)cc1. The van der Waals surface area contributed by atoms with Crippen molar-refractivity contribution in [2.24, 2.45) is 0 Å². The third-order valence-corrected chi connectivity index (χ3v) is 8.76. The van der Waals surface area contributed by atoms with Crippen molar-refractivity contribution in [2.75, 3.05) is 50.2 Å². The second kappa shape index (κ2) is 15.2. The number of thiazole rings is 1. The Morgan fingerprint density at radius 2 is 1.93 bits per heavy atom. The molecule has 1 saturated heterocycles. The number of rotatable bonds is 14. The normalized spacial score (nSPS) is 16.9. The summed E-state index contributed by atoms with van der Waals surface area (Å²) in [6, 6.07) is 21.6. The highest BCUT2D eigenvalue weighted by Gasteiger charge is 2.37. The first kappa shape index (κ1) is 30.9. The van der Waals surface area contributed by atoms with Gasteiger partial charge in [0.1, 0.15) is 23.4 Å². The number of aromatic nitrogens is 1. The minimum absolute atomic E-state index is 0.00565. The van der Waals surface area contributed by atoms with Crippen LogP contribution in [-0.4, -0.2) is 63.0 Å². The zero-order chi connectivity index (χ0) is 30.8. The molecule has 10 heteroatoms. The van der Waals surface area contributed by atoms with Crippen LogP contribution in [0.2, 0.25) is 0 Å². The maximum absolute atomic E-state index is 13.4. The Hall–Kier alpha value is -4.12. The van der Waals surface area contributed by atoms with Crippen LogP contribution in [0.5, 0.6) is 17.2 Å². The van der Waals surface area contributed by atoms with Gasteiger partial charge in [-0.2, -0.15) is 0 Å². The Labute approximate surface area is 268 Å². The molecule has 1 aromatic heterocycles. The summed E-state index contributed by atoms with van der Waals surface area (Å²) in [4.78, 5) is 19.8. The lowest BCUT2D eigenvalue weighted by Crippen LogP contribution is -2.61. The van der Waals surface area contributed by atoms with E-state index in [1.807, 2.05) is 70.4 Å². The Morgan fingerprint density at radius 1 is 1.07 bits per heavy atom. The Balaban J connectivity index is 1.09. The second-order valence-electron chi connectivity index (χ2n) is 11.2. The molecule has 3 heterocycles. The van der Waals surface area contributed by atoms with Crippen LogP contribution in [-0.2, 0) is 29.0 Å². The molecule has 0 aliphatic carbocycles. The number of nitrogens with zero attached hydrogens (tertiary/aromatic N) is 2. The number of hydrogen-bond donors (Lipinski definition) is 2. The van der Waals surface area contributed by atoms with E-state index in [0.29, 0.717) is 32.8 Å². The summed E-state index contributed by atoms with van der Waals surface area (Å²) in [7, 11) is 1.67. The fourth-order valence-corrected chi connectivity index (χ4v) is 6.44. The number of anilines is 2. The number of fused-ring (bicyclic) bond motifs is 1. The van der Waals surface area contributed by atoms with Gasteiger partial charge < -0.3 is 34.5 Å². The monoisotopic (exact) mass is 628 g/mol. The number of carbonyl (C=O) groups is 1. The smallest absolute Gasteiger partial charge is 0.241 e. The standard InChI is InChI=1S/C35H40N4O5S/c1-41-33-8-3-2-6-26(33)22-42-16-5-17-43-29-13-10-28(11-14-29)39-32(20-36-21-35(39)40)34(18-27-23-45-24-38-27)44-30-12-9-25-7-4-15-37-31(25)19-30/h2-3,6,8-14,19,23-24,32,34,36-37H,4-5,7,15-18,20-22H2,1H3/t32-,34?/m1/s1. The van der Waals surface area contributed by atoms with Crippen LogP contribution in [0.25, 0.3) is 0 Å². The Kier molecular flexibility index (Phi) is 10.5. The van der Waals surface area contributed by atoms with Gasteiger partial charge in [-0.1, -0.05) is 24.3 Å². The summed E-state index contributed by atoms with van der Waals surface area (Å²) in [6.07, 6.45) is 3.23. The first-order valence-electron chi connectivity index (χ1n) is 15.5. The molecule has 236 valence electrons.